The lowest BCUT2D eigenvalue weighted by Gasteiger charge is -2.16. The summed E-state index contributed by atoms with van der Waals surface area (Å²) in [7, 11) is 0. The van der Waals surface area contributed by atoms with Gasteiger partial charge in [-0.05, 0) is 30.4 Å². The molecule has 0 saturated heterocycles. The lowest BCUT2D eigenvalue weighted by molar-refractivity contribution is -0.137. The van der Waals surface area contributed by atoms with Crippen LogP contribution in [0.5, 0.6) is 0 Å². The molecule has 0 unspecified atom stereocenters. The van der Waals surface area contributed by atoms with Gasteiger partial charge in [-0.2, -0.15) is 0 Å². The number of hydrogen-bond acceptors (Lipinski definition) is 5. The van der Waals surface area contributed by atoms with Crippen LogP contribution in [-0.4, -0.2) is 27.1 Å². The van der Waals surface area contributed by atoms with Crippen molar-refractivity contribution in [3.63, 3.8) is 0 Å². The number of aromatic nitrogens is 2. The van der Waals surface area contributed by atoms with Crippen molar-refractivity contribution in [1.29, 1.82) is 0 Å². The average Bonchev–Trinajstić information content (AvgIpc) is 3.16. The lowest BCUT2D eigenvalue weighted by atomic mass is 10.1. The van der Waals surface area contributed by atoms with Gasteiger partial charge in [0.1, 0.15) is 23.0 Å². The van der Waals surface area contributed by atoms with Gasteiger partial charge in [-0.15, -0.1) is 11.3 Å². The van der Waals surface area contributed by atoms with Gasteiger partial charge in [0, 0.05) is 11.3 Å². The first kappa shape index (κ1) is 15.1. The molecule has 0 aliphatic heterocycles. The molecule has 3 aromatic rings. The molecule has 4 rings (SSSR count). The van der Waals surface area contributed by atoms with E-state index >= 15 is 0 Å². The second-order valence-corrected chi connectivity index (χ2v) is 7.07. The Balaban J connectivity index is 1.68. The smallest absolute Gasteiger partial charge is 0.326 e. The van der Waals surface area contributed by atoms with Crippen LogP contribution in [0.4, 0.5) is 5.82 Å². The molecular formula is C18H17N3O2S. The maximum Gasteiger partial charge on any atom is 0.326 e. The van der Waals surface area contributed by atoms with E-state index in [1.165, 1.54) is 16.8 Å². The molecule has 2 aromatic heterocycles. The van der Waals surface area contributed by atoms with Crippen LogP contribution in [0.1, 0.15) is 22.4 Å². The molecule has 2 heterocycles. The number of carbonyl (C=O) groups is 1. The van der Waals surface area contributed by atoms with E-state index in [-0.39, 0.29) is 0 Å². The third-order valence-electron chi connectivity index (χ3n) is 4.39. The van der Waals surface area contributed by atoms with Gasteiger partial charge in [0.15, 0.2) is 0 Å². The van der Waals surface area contributed by atoms with E-state index in [1.807, 2.05) is 30.3 Å². The van der Waals surface area contributed by atoms with E-state index in [0.29, 0.717) is 12.2 Å². The minimum absolute atomic E-state index is 0.411. The highest BCUT2D eigenvalue weighted by Gasteiger charge is 2.24. The van der Waals surface area contributed by atoms with Crippen molar-refractivity contribution in [3.8, 4) is 0 Å². The molecule has 1 aliphatic carbocycles. The summed E-state index contributed by atoms with van der Waals surface area (Å²) in [6.07, 6.45) is 5.18. The molecule has 1 aliphatic rings. The Morgan fingerprint density at radius 3 is 2.88 bits per heavy atom. The van der Waals surface area contributed by atoms with Crippen LogP contribution in [0.25, 0.3) is 10.2 Å². The van der Waals surface area contributed by atoms with Gasteiger partial charge in [0.25, 0.3) is 0 Å². The minimum atomic E-state index is -0.877. The normalized spacial score (nSPS) is 14.5. The Labute approximate surface area is 143 Å². The van der Waals surface area contributed by atoms with Crippen LogP contribution in [0.3, 0.4) is 0 Å². The molecular weight excluding hydrogens is 322 g/mol. The van der Waals surface area contributed by atoms with Crippen LogP contribution in [0.15, 0.2) is 36.7 Å². The topological polar surface area (TPSA) is 75.1 Å². The molecule has 1 aromatic carbocycles. The summed E-state index contributed by atoms with van der Waals surface area (Å²) in [6, 6.07) is 8.92. The van der Waals surface area contributed by atoms with Gasteiger partial charge < -0.3 is 10.4 Å². The molecule has 1 atom stereocenters. The predicted molar refractivity (Wildman–Crippen MR) is 94.6 cm³/mol. The van der Waals surface area contributed by atoms with Gasteiger partial charge in [-0.3, -0.25) is 0 Å². The number of carboxylic acids is 1. The molecule has 0 spiro atoms. The van der Waals surface area contributed by atoms with E-state index in [9.17, 15) is 9.90 Å². The second-order valence-electron chi connectivity index (χ2n) is 5.98. The van der Waals surface area contributed by atoms with Crippen LogP contribution >= 0.6 is 11.3 Å². The van der Waals surface area contributed by atoms with Crippen molar-refractivity contribution >= 4 is 33.3 Å². The van der Waals surface area contributed by atoms with Crippen LogP contribution in [0.2, 0.25) is 0 Å². The van der Waals surface area contributed by atoms with Crippen molar-refractivity contribution in [1.82, 2.24) is 9.97 Å². The summed E-state index contributed by atoms with van der Waals surface area (Å²) in [5, 5.41) is 13.8. The van der Waals surface area contributed by atoms with E-state index in [0.717, 1.165) is 35.0 Å². The van der Waals surface area contributed by atoms with Crippen molar-refractivity contribution in [3.05, 3.63) is 52.7 Å². The zero-order chi connectivity index (χ0) is 16.5. The monoisotopic (exact) mass is 339 g/mol. The first-order valence-electron chi connectivity index (χ1n) is 8.01. The molecule has 0 saturated carbocycles. The highest BCUT2D eigenvalue weighted by atomic mass is 32.1. The third kappa shape index (κ3) is 2.73. The zero-order valence-corrected chi connectivity index (χ0v) is 13.8. The number of nitrogens with zero attached hydrogens (tertiary/aromatic N) is 2. The van der Waals surface area contributed by atoms with Crippen LogP contribution in [0, 0.1) is 0 Å². The number of rotatable bonds is 5. The molecule has 2 N–H and O–H groups in total. The van der Waals surface area contributed by atoms with E-state index < -0.39 is 12.0 Å². The molecule has 6 heteroatoms. The summed E-state index contributed by atoms with van der Waals surface area (Å²) in [5.41, 5.74) is 2.28. The van der Waals surface area contributed by atoms with Gasteiger partial charge >= 0.3 is 5.97 Å². The van der Waals surface area contributed by atoms with Gasteiger partial charge in [-0.25, -0.2) is 14.8 Å². The Hall–Kier alpha value is -2.47. The van der Waals surface area contributed by atoms with Crippen molar-refractivity contribution in [2.24, 2.45) is 0 Å². The minimum Gasteiger partial charge on any atom is -0.480 e. The first-order chi connectivity index (χ1) is 11.7. The van der Waals surface area contributed by atoms with Crippen molar-refractivity contribution < 1.29 is 9.90 Å². The van der Waals surface area contributed by atoms with Crippen LogP contribution < -0.4 is 5.32 Å². The molecule has 0 fully saturated rings. The Morgan fingerprint density at radius 2 is 2.08 bits per heavy atom. The zero-order valence-electron chi connectivity index (χ0n) is 13.0. The van der Waals surface area contributed by atoms with E-state index in [4.69, 9.17) is 0 Å². The lowest BCUT2D eigenvalue weighted by Crippen LogP contribution is -2.32. The summed E-state index contributed by atoms with van der Waals surface area (Å²) < 4.78 is 0. The fourth-order valence-corrected chi connectivity index (χ4v) is 4.48. The van der Waals surface area contributed by atoms with E-state index in [2.05, 4.69) is 15.3 Å². The largest absolute Gasteiger partial charge is 0.480 e. The maximum absolute atomic E-state index is 11.7. The summed E-state index contributed by atoms with van der Waals surface area (Å²) >= 11 is 1.70. The Bertz CT molecular complexity index is 892. The fraction of sp³-hybridized carbons (Fsp3) is 0.278. The summed E-state index contributed by atoms with van der Waals surface area (Å²) in [4.78, 5) is 22.7. The van der Waals surface area contributed by atoms with Crippen molar-refractivity contribution in [2.45, 2.75) is 31.7 Å². The number of aryl methyl sites for hydroxylation is 2. The fourth-order valence-electron chi connectivity index (χ4n) is 3.25. The third-order valence-corrected chi connectivity index (χ3v) is 5.59. The van der Waals surface area contributed by atoms with E-state index in [1.54, 1.807) is 11.3 Å². The Kier molecular flexibility index (Phi) is 3.90. The number of anilines is 1. The quantitative estimate of drug-likeness (QED) is 0.746. The second kappa shape index (κ2) is 6.20. The number of fused-ring (bicyclic) bond motifs is 3. The Morgan fingerprint density at radius 1 is 1.25 bits per heavy atom. The first-order valence-corrected chi connectivity index (χ1v) is 8.82. The number of hydrogen-bond donors (Lipinski definition) is 2. The average molecular weight is 339 g/mol. The number of aliphatic carboxylic acids is 1. The SMILES string of the molecule is O=C(O)[C@@H](Cc1ccccc1)Nc1ncnc2sc3c(c12)CCC3. The maximum atomic E-state index is 11.7. The molecule has 0 amide bonds. The molecule has 24 heavy (non-hydrogen) atoms. The molecule has 0 bridgehead atoms. The number of carboxylic acid groups (broad SMARTS) is 1. The van der Waals surface area contributed by atoms with Crippen LogP contribution in [-0.2, 0) is 24.1 Å². The number of benzene rings is 1. The highest BCUT2D eigenvalue weighted by Crippen LogP contribution is 2.39. The molecule has 122 valence electrons. The highest BCUT2D eigenvalue weighted by molar-refractivity contribution is 7.19. The van der Waals surface area contributed by atoms with Crippen molar-refractivity contribution in [2.75, 3.05) is 5.32 Å². The van der Waals surface area contributed by atoms with Gasteiger partial charge in [0.2, 0.25) is 0 Å². The predicted octanol–water partition coefficient (Wildman–Crippen LogP) is 3.29. The standard InChI is InChI=1S/C18H17N3O2S/c22-18(23)13(9-11-5-2-1-3-6-11)21-16-15-12-7-4-8-14(12)24-17(15)20-10-19-16/h1-3,5-6,10,13H,4,7-9H2,(H,22,23)(H,19,20,21)/t13-/m1/s1. The molecule has 0 radical (unpaired) electrons. The van der Waals surface area contributed by atoms with Gasteiger partial charge in [-0.1, -0.05) is 30.3 Å². The van der Waals surface area contributed by atoms with Gasteiger partial charge in [0.05, 0.1) is 5.39 Å². The summed E-state index contributed by atoms with van der Waals surface area (Å²) in [6.45, 7) is 0. The summed E-state index contributed by atoms with van der Waals surface area (Å²) in [5.74, 6) is -0.236. The number of nitrogens with one attached hydrogen (secondary N) is 1. The molecule has 5 nitrogen and oxygen atoms in total. The number of thiophene rings is 1.